The van der Waals surface area contributed by atoms with Gasteiger partial charge in [0.15, 0.2) is 0 Å². The fourth-order valence-corrected chi connectivity index (χ4v) is 9.97. The van der Waals surface area contributed by atoms with Crippen LogP contribution in [0, 0.1) is 58.2 Å². The molecule has 3 saturated carbocycles. The van der Waals surface area contributed by atoms with Gasteiger partial charge in [-0.25, -0.2) is 0 Å². The summed E-state index contributed by atoms with van der Waals surface area (Å²) >= 11 is 0. The second kappa shape index (κ2) is 10.8. The number of carboxylic acid groups (broad SMARTS) is 2. The molecule has 0 aromatic carbocycles. The fourth-order valence-electron chi connectivity index (χ4n) is 9.97. The van der Waals surface area contributed by atoms with Crippen LogP contribution in [0.3, 0.4) is 0 Å². The van der Waals surface area contributed by atoms with E-state index in [1.165, 1.54) is 56.9 Å². The average molecular weight is 501 g/mol. The maximum absolute atomic E-state index is 11.5. The van der Waals surface area contributed by atoms with Crippen molar-refractivity contribution in [1.29, 1.82) is 0 Å². The van der Waals surface area contributed by atoms with Crippen LogP contribution in [0.1, 0.15) is 118 Å². The average Bonchev–Trinajstić information content (AvgIpc) is 3.14. The van der Waals surface area contributed by atoms with Crippen LogP contribution in [0.2, 0.25) is 0 Å². The Balaban J connectivity index is 1.47. The second-order valence-corrected chi connectivity index (χ2v) is 14.2. The summed E-state index contributed by atoms with van der Waals surface area (Å²) in [5.74, 6) is 3.07. The highest BCUT2D eigenvalue weighted by Gasteiger charge is 2.59. The van der Waals surface area contributed by atoms with E-state index in [0.29, 0.717) is 5.41 Å². The first-order valence-electron chi connectivity index (χ1n) is 15.1. The Morgan fingerprint density at radius 2 is 1.64 bits per heavy atom. The molecule has 4 nitrogen and oxygen atoms in total. The Morgan fingerprint density at radius 1 is 0.944 bits per heavy atom. The van der Waals surface area contributed by atoms with Crippen LogP contribution in [0.5, 0.6) is 0 Å². The lowest BCUT2D eigenvalue weighted by Crippen LogP contribution is -2.50. The topological polar surface area (TPSA) is 74.6 Å². The fraction of sp³-hybridized carbons (Fsp3) is 0.875. The molecule has 8 atom stereocenters. The molecule has 4 heteroatoms. The third kappa shape index (κ3) is 5.30. The lowest BCUT2D eigenvalue weighted by Gasteiger charge is -2.59. The first-order chi connectivity index (χ1) is 17.0. The van der Waals surface area contributed by atoms with E-state index in [9.17, 15) is 19.8 Å². The van der Waals surface area contributed by atoms with Gasteiger partial charge < -0.3 is 10.2 Å². The molecule has 0 radical (unpaired) electrons. The molecule has 0 amide bonds. The van der Waals surface area contributed by atoms with E-state index in [1.807, 2.05) is 0 Å². The van der Waals surface area contributed by atoms with E-state index < -0.39 is 11.9 Å². The minimum absolute atomic E-state index is 0.0236. The normalized spacial score (nSPS) is 38.8. The van der Waals surface area contributed by atoms with Gasteiger partial charge in [0.25, 0.3) is 0 Å². The Kier molecular flexibility index (Phi) is 8.32. The molecular weight excluding hydrogens is 448 g/mol. The summed E-state index contributed by atoms with van der Waals surface area (Å²) in [5, 5.41) is 18.8. The van der Waals surface area contributed by atoms with E-state index in [1.54, 1.807) is 0 Å². The van der Waals surface area contributed by atoms with Gasteiger partial charge in [-0.3, -0.25) is 9.59 Å². The van der Waals surface area contributed by atoms with Gasteiger partial charge in [-0.15, -0.1) is 0 Å². The summed E-state index contributed by atoms with van der Waals surface area (Å²) in [4.78, 5) is 22.9. The van der Waals surface area contributed by atoms with Crippen molar-refractivity contribution in [1.82, 2.24) is 0 Å². The lowest BCUT2D eigenvalue weighted by molar-refractivity contribution is -0.141. The lowest BCUT2D eigenvalue weighted by atomic mass is 9.46. The van der Waals surface area contributed by atoms with Crippen LogP contribution in [0.4, 0.5) is 0 Å². The maximum Gasteiger partial charge on any atom is 0.303 e. The minimum atomic E-state index is -0.868. The summed E-state index contributed by atoms with van der Waals surface area (Å²) in [7, 11) is 0. The van der Waals surface area contributed by atoms with E-state index >= 15 is 0 Å². The van der Waals surface area contributed by atoms with Crippen molar-refractivity contribution in [2.45, 2.75) is 118 Å². The predicted molar refractivity (Wildman–Crippen MR) is 145 cm³/mol. The molecule has 4 aliphatic rings. The standard InChI is InChI=1S/C32H52O4/c1-20(2)7-6-8-21(3)26-11-12-27-25-10-9-24-17-22(23(18-29(33)34)19-30(35)36)13-15-31(24,4)28(25)14-16-32(26,27)5/h9,20-23,25-28H,6-8,10-19H2,1-5H3,(H,33,34)(H,35,36)/t21-,22+,25+,26-,27+,28+,31+,32-/m1/s1. The van der Waals surface area contributed by atoms with Gasteiger partial charge >= 0.3 is 11.9 Å². The third-order valence-electron chi connectivity index (χ3n) is 11.9. The van der Waals surface area contributed by atoms with Crippen molar-refractivity contribution < 1.29 is 19.8 Å². The van der Waals surface area contributed by atoms with Crippen LogP contribution >= 0.6 is 0 Å². The van der Waals surface area contributed by atoms with E-state index in [4.69, 9.17) is 0 Å². The zero-order valence-corrected chi connectivity index (χ0v) is 23.6. The van der Waals surface area contributed by atoms with Gasteiger partial charge in [-0.1, -0.05) is 65.5 Å². The Morgan fingerprint density at radius 3 is 2.28 bits per heavy atom. The van der Waals surface area contributed by atoms with Crippen LogP contribution in [0.25, 0.3) is 0 Å². The van der Waals surface area contributed by atoms with Crippen molar-refractivity contribution in [2.24, 2.45) is 58.2 Å². The Labute approximate surface area is 219 Å². The summed E-state index contributed by atoms with van der Waals surface area (Å²) in [5.41, 5.74) is 2.24. The van der Waals surface area contributed by atoms with Gasteiger partial charge in [0, 0.05) is 12.8 Å². The van der Waals surface area contributed by atoms with Crippen LogP contribution in [-0.2, 0) is 9.59 Å². The van der Waals surface area contributed by atoms with Gasteiger partial charge in [-0.2, -0.15) is 0 Å². The number of hydrogen-bond acceptors (Lipinski definition) is 2. The van der Waals surface area contributed by atoms with Crippen molar-refractivity contribution in [3.05, 3.63) is 11.6 Å². The van der Waals surface area contributed by atoms with E-state index in [-0.39, 0.29) is 30.1 Å². The molecule has 0 spiro atoms. The molecule has 0 aromatic heterocycles. The monoisotopic (exact) mass is 500 g/mol. The smallest absolute Gasteiger partial charge is 0.303 e. The summed E-state index contributed by atoms with van der Waals surface area (Å²) in [6, 6.07) is 0. The largest absolute Gasteiger partial charge is 0.481 e. The summed E-state index contributed by atoms with van der Waals surface area (Å²) in [6.07, 6.45) is 16.3. The van der Waals surface area contributed by atoms with Gasteiger partial charge in [0.2, 0.25) is 0 Å². The predicted octanol–water partition coefficient (Wildman–Crippen LogP) is 8.21. The number of carbonyl (C=O) groups is 2. The number of carboxylic acids is 2. The molecule has 204 valence electrons. The molecule has 0 heterocycles. The zero-order chi connectivity index (χ0) is 26.3. The number of allylic oxidation sites excluding steroid dienone is 2. The maximum atomic E-state index is 11.5. The van der Waals surface area contributed by atoms with Crippen LogP contribution in [-0.4, -0.2) is 22.2 Å². The number of aliphatic carboxylic acids is 2. The minimum Gasteiger partial charge on any atom is -0.481 e. The van der Waals surface area contributed by atoms with Crippen molar-refractivity contribution in [3.8, 4) is 0 Å². The Hall–Kier alpha value is -1.32. The number of fused-ring (bicyclic) bond motifs is 5. The first kappa shape index (κ1) is 27.7. The highest BCUT2D eigenvalue weighted by atomic mass is 16.4. The number of rotatable bonds is 10. The van der Waals surface area contributed by atoms with E-state index in [0.717, 1.165) is 54.8 Å². The quantitative estimate of drug-likeness (QED) is 0.296. The van der Waals surface area contributed by atoms with Crippen molar-refractivity contribution in [3.63, 3.8) is 0 Å². The zero-order valence-electron chi connectivity index (χ0n) is 23.6. The third-order valence-corrected chi connectivity index (χ3v) is 11.9. The van der Waals surface area contributed by atoms with Crippen molar-refractivity contribution >= 4 is 11.9 Å². The second-order valence-electron chi connectivity index (χ2n) is 14.2. The van der Waals surface area contributed by atoms with Gasteiger partial charge in [0.05, 0.1) is 0 Å². The molecule has 0 bridgehead atoms. The van der Waals surface area contributed by atoms with Crippen LogP contribution in [0.15, 0.2) is 11.6 Å². The molecule has 0 aliphatic heterocycles. The van der Waals surface area contributed by atoms with Gasteiger partial charge in [0.1, 0.15) is 0 Å². The Bertz CT molecular complexity index is 829. The summed E-state index contributed by atoms with van der Waals surface area (Å²) in [6.45, 7) is 12.4. The van der Waals surface area contributed by atoms with E-state index in [2.05, 4.69) is 40.7 Å². The molecule has 0 aromatic rings. The molecule has 4 aliphatic carbocycles. The van der Waals surface area contributed by atoms with Crippen LogP contribution < -0.4 is 0 Å². The van der Waals surface area contributed by atoms with Crippen molar-refractivity contribution in [2.75, 3.05) is 0 Å². The molecular formula is C32H52O4. The molecule has 0 unspecified atom stereocenters. The molecule has 0 saturated heterocycles. The number of hydrogen-bond donors (Lipinski definition) is 2. The SMILES string of the molecule is CC(C)CCC[C@@H](C)[C@H]1CC[C@H]2[C@@H]3CC=C4C[C@@H](C(CC(=O)O)CC(=O)O)CC[C@]4(C)[C@H]3CC[C@]12C. The highest BCUT2D eigenvalue weighted by molar-refractivity contribution is 5.70. The van der Waals surface area contributed by atoms with Gasteiger partial charge in [-0.05, 0) is 110 Å². The first-order valence-corrected chi connectivity index (χ1v) is 15.1. The summed E-state index contributed by atoms with van der Waals surface area (Å²) < 4.78 is 0. The molecule has 2 N–H and O–H groups in total. The molecule has 36 heavy (non-hydrogen) atoms. The highest BCUT2D eigenvalue weighted by Crippen LogP contribution is 2.67. The molecule has 3 fully saturated rings. The molecule has 4 rings (SSSR count).